The number of carbonyl (C=O) groups is 1. The first-order valence-corrected chi connectivity index (χ1v) is 8.27. The van der Waals surface area contributed by atoms with E-state index < -0.39 is 0 Å². The molecule has 1 aliphatic carbocycles. The first-order chi connectivity index (χ1) is 9.52. The monoisotopic (exact) mass is 281 g/mol. The molecule has 1 saturated heterocycles. The number of nitrogens with two attached hydrogens (primary N) is 1. The first kappa shape index (κ1) is 15.8. The van der Waals surface area contributed by atoms with E-state index in [4.69, 9.17) is 5.73 Å². The maximum absolute atomic E-state index is 11.2. The highest BCUT2D eigenvalue weighted by Gasteiger charge is 2.32. The third kappa shape index (κ3) is 5.80. The number of hydrogen-bond donors (Lipinski definition) is 2. The molecule has 0 spiro atoms. The van der Waals surface area contributed by atoms with Gasteiger partial charge >= 0.3 is 0 Å². The van der Waals surface area contributed by atoms with Crippen molar-refractivity contribution in [3.05, 3.63) is 0 Å². The highest BCUT2D eigenvalue weighted by atomic mass is 16.1. The van der Waals surface area contributed by atoms with Gasteiger partial charge in [-0.1, -0.05) is 26.7 Å². The van der Waals surface area contributed by atoms with Gasteiger partial charge in [-0.15, -0.1) is 0 Å². The number of amides is 1. The van der Waals surface area contributed by atoms with E-state index in [2.05, 4.69) is 24.1 Å². The summed E-state index contributed by atoms with van der Waals surface area (Å²) in [5.74, 6) is 2.25. The van der Waals surface area contributed by atoms with Gasteiger partial charge in [-0.2, -0.15) is 0 Å². The van der Waals surface area contributed by atoms with E-state index >= 15 is 0 Å². The van der Waals surface area contributed by atoms with E-state index in [1.54, 1.807) is 0 Å². The van der Waals surface area contributed by atoms with Crippen LogP contribution in [0.25, 0.3) is 0 Å². The fraction of sp³-hybridized carbons (Fsp3) is 0.938. The van der Waals surface area contributed by atoms with Crippen LogP contribution in [0.4, 0.5) is 0 Å². The summed E-state index contributed by atoms with van der Waals surface area (Å²) in [5, 5.41) is 3.69. The molecular weight excluding hydrogens is 250 g/mol. The van der Waals surface area contributed by atoms with Crippen LogP contribution in [-0.2, 0) is 4.79 Å². The van der Waals surface area contributed by atoms with Crippen LogP contribution >= 0.6 is 0 Å². The maximum Gasteiger partial charge on any atom is 0.231 e. The summed E-state index contributed by atoms with van der Waals surface area (Å²) >= 11 is 0. The standard InChI is InChI=1S/C16H31N3O/c1-12(2)5-6-18-15-8-14(7-13-3-4-13)9-19(10-15)11-16(17)20/h12-15,18H,3-11H2,1-2H3,(H2,17,20). The molecule has 1 aliphatic heterocycles. The summed E-state index contributed by atoms with van der Waals surface area (Å²) in [6.45, 7) is 8.06. The predicted octanol–water partition coefficient (Wildman–Crippen LogP) is 1.60. The minimum absolute atomic E-state index is 0.196. The maximum atomic E-state index is 11.2. The third-order valence-corrected chi connectivity index (χ3v) is 4.51. The van der Waals surface area contributed by atoms with Gasteiger partial charge in [0.2, 0.25) is 5.91 Å². The van der Waals surface area contributed by atoms with E-state index in [0.717, 1.165) is 37.4 Å². The Balaban J connectivity index is 1.80. The van der Waals surface area contributed by atoms with Crippen molar-refractivity contribution in [2.75, 3.05) is 26.2 Å². The second-order valence-corrected chi connectivity index (χ2v) is 7.27. The van der Waals surface area contributed by atoms with Gasteiger partial charge < -0.3 is 11.1 Å². The van der Waals surface area contributed by atoms with Gasteiger partial charge in [-0.25, -0.2) is 0 Å². The molecule has 0 bridgehead atoms. The average molecular weight is 281 g/mol. The molecule has 0 aromatic rings. The Morgan fingerprint density at radius 1 is 1.30 bits per heavy atom. The molecule has 3 N–H and O–H groups in total. The lowest BCUT2D eigenvalue weighted by Crippen LogP contribution is -2.51. The Bertz CT molecular complexity index is 315. The molecule has 2 unspecified atom stereocenters. The molecule has 4 heteroatoms. The van der Waals surface area contributed by atoms with Gasteiger partial charge in [0, 0.05) is 19.1 Å². The number of likely N-dealkylation sites (tertiary alicyclic amines) is 1. The Morgan fingerprint density at radius 2 is 2.05 bits per heavy atom. The smallest absolute Gasteiger partial charge is 0.231 e. The summed E-state index contributed by atoms with van der Waals surface area (Å²) in [6, 6.07) is 0.533. The molecular formula is C16H31N3O. The molecule has 0 aromatic heterocycles. The molecule has 1 amide bonds. The van der Waals surface area contributed by atoms with Crippen LogP contribution in [0, 0.1) is 17.8 Å². The van der Waals surface area contributed by atoms with Crippen molar-refractivity contribution in [3.8, 4) is 0 Å². The second-order valence-electron chi connectivity index (χ2n) is 7.27. The summed E-state index contributed by atoms with van der Waals surface area (Å²) in [4.78, 5) is 13.4. The molecule has 20 heavy (non-hydrogen) atoms. The quantitative estimate of drug-likeness (QED) is 0.710. The van der Waals surface area contributed by atoms with Crippen molar-refractivity contribution in [3.63, 3.8) is 0 Å². The lowest BCUT2D eigenvalue weighted by atomic mass is 9.89. The number of piperidine rings is 1. The van der Waals surface area contributed by atoms with E-state index in [1.165, 1.54) is 32.1 Å². The Labute approximate surface area is 123 Å². The molecule has 0 radical (unpaired) electrons. The molecule has 1 heterocycles. The highest BCUT2D eigenvalue weighted by Crippen LogP contribution is 2.37. The van der Waals surface area contributed by atoms with E-state index in [1.807, 2.05) is 0 Å². The average Bonchev–Trinajstić information content (AvgIpc) is 3.11. The number of carbonyl (C=O) groups excluding carboxylic acids is 1. The van der Waals surface area contributed by atoms with E-state index in [9.17, 15) is 4.79 Å². The van der Waals surface area contributed by atoms with Crippen molar-refractivity contribution in [2.45, 2.75) is 52.0 Å². The second kappa shape index (κ2) is 7.41. The zero-order valence-corrected chi connectivity index (χ0v) is 13.1. The van der Waals surface area contributed by atoms with Gasteiger partial charge in [0.1, 0.15) is 0 Å². The van der Waals surface area contributed by atoms with Crippen LogP contribution in [0.5, 0.6) is 0 Å². The number of nitrogens with one attached hydrogen (secondary N) is 1. The van der Waals surface area contributed by atoms with Gasteiger partial charge in [-0.05, 0) is 43.6 Å². The zero-order chi connectivity index (χ0) is 14.5. The summed E-state index contributed by atoms with van der Waals surface area (Å²) in [7, 11) is 0. The summed E-state index contributed by atoms with van der Waals surface area (Å²) in [6.07, 6.45) is 6.66. The molecule has 2 atom stereocenters. The minimum atomic E-state index is -0.196. The van der Waals surface area contributed by atoms with E-state index in [0.29, 0.717) is 12.6 Å². The van der Waals surface area contributed by atoms with Crippen LogP contribution in [0.15, 0.2) is 0 Å². The molecule has 2 rings (SSSR count). The van der Waals surface area contributed by atoms with Crippen LogP contribution in [0.2, 0.25) is 0 Å². The van der Waals surface area contributed by atoms with Crippen molar-refractivity contribution in [2.24, 2.45) is 23.5 Å². The summed E-state index contributed by atoms with van der Waals surface area (Å²) in [5.41, 5.74) is 5.37. The minimum Gasteiger partial charge on any atom is -0.369 e. The fourth-order valence-corrected chi connectivity index (χ4v) is 3.37. The van der Waals surface area contributed by atoms with Crippen LogP contribution < -0.4 is 11.1 Å². The first-order valence-electron chi connectivity index (χ1n) is 8.27. The van der Waals surface area contributed by atoms with Gasteiger partial charge in [0.25, 0.3) is 0 Å². The number of rotatable bonds is 8. The Kier molecular flexibility index (Phi) is 5.85. The molecule has 2 aliphatic rings. The highest BCUT2D eigenvalue weighted by molar-refractivity contribution is 5.75. The molecule has 0 aromatic carbocycles. The van der Waals surface area contributed by atoms with Crippen molar-refractivity contribution >= 4 is 5.91 Å². The van der Waals surface area contributed by atoms with Crippen molar-refractivity contribution in [1.29, 1.82) is 0 Å². The number of primary amides is 1. The molecule has 2 fully saturated rings. The third-order valence-electron chi connectivity index (χ3n) is 4.51. The van der Waals surface area contributed by atoms with Gasteiger partial charge in [0.05, 0.1) is 6.54 Å². The van der Waals surface area contributed by atoms with Gasteiger partial charge in [0.15, 0.2) is 0 Å². The SMILES string of the molecule is CC(C)CCNC1CC(CC2CC2)CN(CC(N)=O)C1. The summed E-state index contributed by atoms with van der Waals surface area (Å²) < 4.78 is 0. The number of nitrogens with zero attached hydrogens (tertiary/aromatic N) is 1. The lowest BCUT2D eigenvalue weighted by Gasteiger charge is -2.38. The molecule has 4 nitrogen and oxygen atoms in total. The molecule has 1 saturated carbocycles. The van der Waals surface area contributed by atoms with Crippen LogP contribution in [0.1, 0.15) is 46.0 Å². The lowest BCUT2D eigenvalue weighted by molar-refractivity contribution is -0.119. The van der Waals surface area contributed by atoms with E-state index in [-0.39, 0.29) is 5.91 Å². The molecule has 116 valence electrons. The largest absolute Gasteiger partial charge is 0.369 e. The van der Waals surface area contributed by atoms with Crippen molar-refractivity contribution < 1.29 is 4.79 Å². The fourth-order valence-electron chi connectivity index (χ4n) is 3.37. The number of hydrogen-bond acceptors (Lipinski definition) is 3. The predicted molar refractivity (Wildman–Crippen MR) is 82.3 cm³/mol. The zero-order valence-electron chi connectivity index (χ0n) is 13.1. The normalized spacial score (nSPS) is 27.9. The van der Waals surface area contributed by atoms with Crippen LogP contribution in [0.3, 0.4) is 0 Å². The Hall–Kier alpha value is -0.610. The van der Waals surface area contributed by atoms with Crippen molar-refractivity contribution in [1.82, 2.24) is 10.2 Å². The van der Waals surface area contributed by atoms with Gasteiger partial charge in [-0.3, -0.25) is 9.69 Å². The van der Waals surface area contributed by atoms with Crippen LogP contribution in [-0.4, -0.2) is 43.0 Å². The Morgan fingerprint density at radius 3 is 2.65 bits per heavy atom. The topological polar surface area (TPSA) is 58.4 Å².